The second-order valence-electron chi connectivity index (χ2n) is 4.78. The lowest BCUT2D eigenvalue weighted by Crippen LogP contribution is -2.18. The summed E-state index contributed by atoms with van der Waals surface area (Å²) in [5.74, 6) is -2.32. The zero-order valence-corrected chi connectivity index (χ0v) is 11.5. The molecule has 6 heteroatoms. The van der Waals surface area contributed by atoms with E-state index in [-0.39, 0.29) is 22.2 Å². The van der Waals surface area contributed by atoms with Gasteiger partial charge in [0.05, 0.1) is 5.56 Å². The summed E-state index contributed by atoms with van der Waals surface area (Å²) < 4.78 is 0. The van der Waals surface area contributed by atoms with Crippen molar-refractivity contribution in [2.45, 2.75) is 26.2 Å². The van der Waals surface area contributed by atoms with Crippen molar-refractivity contribution in [1.82, 2.24) is 4.98 Å². The number of fused-ring (bicyclic) bond motifs is 1. The summed E-state index contributed by atoms with van der Waals surface area (Å²) in [6.07, 6.45) is 1.86. The van der Waals surface area contributed by atoms with Gasteiger partial charge in [-0.1, -0.05) is 13.3 Å². The summed E-state index contributed by atoms with van der Waals surface area (Å²) in [7, 11) is 0. The van der Waals surface area contributed by atoms with E-state index in [1.54, 1.807) is 0 Å². The quantitative estimate of drug-likeness (QED) is 0.782. The number of aromatic nitrogens is 1. The molecule has 0 fully saturated rings. The molecule has 2 aromatic rings. The van der Waals surface area contributed by atoms with Crippen molar-refractivity contribution >= 4 is 22.8 Å². The number of H-pyrrole nitrogens is 1. The smallest absolute Gasteiger partial charge is 0.352 e. The Kier molecular flexibility index (Phi) is 4.07. The predicted octanol–water partition coefficient (Wildman–Crippen LogP) is 2.27. The molecule has 1 aromatic heterocycles. The van der Waals surface area contributed by atoms with Gasteiger partial charge in [0.25, 0.3) is 0 Å². The first kappa shape index (κ1) is 14.8. The van der Waals surface area contributed by atoms with Gasteiger partial charge < -0.3 is 15.2 Å². The number of rotatable bonds is 5. The molecule has 0 saturated heterocycles. The Hall–Kier alpha value is -2.63. The van der Waals surface area contributed by atoms with Crippen LogP contribution in [0.15, 0.2) is 23.0 Å². The van der Waals surface area contributed by atoms with Crippen LogP contribution in [-0.4, -0.2) is 27.1 Å². The number of carbonyl (C=O) groups is 2. The van der Waals surface area contributed by atoms with Gasteiger partial charge in [-0.15, -0.1) is 0 Å². The van der Waals surface area contributed by atoms with Crippen LogP contribution < -0.4 is 5.43 Å². The molecule has 2 rings (SSSR count). The van der Waals surface area contributed by atoms with E-state index in [1.807, 2.05) is 6.92 Å². The number of nitrogens with one attached hydrogen (secondary N) is 1. The second-order valence-corrected chi connectivity index (χ2v) is 4.78. The van der Waals surface area contributed by atoms with Crippen molar-refractivity contribution < 1.29 is 19.8 Å². The average Bonchev–Trinajstić information content (AvgIpc) is 2.45. The topological polar surface area (TPSA) is 107 Å². The summed E-state index contributed by atoms with van der Waals surface area (Å²) in [5.41, 5.74) is -0.0266. The standard InChI is InChI=1S/C15H15NO5/c1-2-3-4-9-12(15(20)21)16-11-6-5-8(14(18)19)7-10(11)13(9)17/h5-7H,2-4H2,1H3,(H,16,17)(H,18,19)(H,20,21). The SMILES string of the molecule is CCCCc1c(C(=O)O)[nH]c2ccc(C(=O)O)cc2c1=O. The second kappa shape index (κ2) is 5.78. The third kappa shape index (κ3) is 2.79. The summed E-state index contributed by atoms with van der Waals surface area (Å²) in [5, 5.41) is 18.4. The number of hydrogen-bond donors (Lipinski definition) is 3. The van der Waals surface area contributed by atoms with Gasteiger partial charge in [0, 0.05) is 16.5 Å². The Morgan fingerprint density at radius 1 is 1.19 bits per heavy atom. The van der Waals surface area contributed by atoms with E-state index >= 15 is 0 Å². The molecule has 6 nitrogen and oxygen atoms in total. The molecule has 0 spiro atoms. The van der Waals surface area contributed by atoms with E-state index in [1.165, 1.54) is 18.2 Å². The number of carboxylic acid groups (broad SMARTS) is 2. The minimum absolute atomic E-state index is 0.00230. The largest absolute Gasteiger partial charge is 0.478 e. The van der Waals surface area contributed by atoms with E-state index in [9.17, 15) is 19.5 Å². The van der Waals surface area contributed by atoms with Gasteiger partial charge in [0.15, 0.2) is 5.43 Å². The molecule has 0 radical (unpaired) electrons. The lowest BCUT2D eigenvalue weighted by molar-refractivity contribution is 0.0681. The summed E-state index contributed by atoms with van der Waals surface area (Å²) >= 11 is 0. The van der Waals surface area contributed by atoms with Crippen molar-refractivity contribution in [3.8, 4) is 0 Å². The number of benzene rings is 1. The molecule has 0 atom stereocenters. The van der Waals surface area contributed by atoms with E-state index < -0.39 is 17.4 Å². The summed E-state index contributed by atoms with van der Waals surface area (Å²) in [4.78, 5) is 37.4. The van der Waals surface area contributed by atoms with Crippen LogP contribution in [0, 0.1) is 0 Å². The average molecular weight is 289 g/mol. The Labute approximate surface area is 120 Å². The fourth-order valence-electron chi connectivity index (χ4n) is 2.23. The Bertz CT molecular complexity index is 775. The highest BCUT2D eigenvalue weighted by Crippen LogP contribution is 2.16. The Balaban J connectivity index is 2.75. The van der Waals surface area contributed by atoms with Crippen LogP contribution in [0.1, 0.15) is 46.2 Å². The van der Waals surface area contributed by atoms with E-state index in [0.29, 0.717) is 18.4 Å². The number of aromatic amines is 1. The molecular formula is C15H15NO5. The maximum absolute atomic E-state index is 12.5. The molecule has 0 aliphatic heterocycles. The van der Waals surface area contributed by atoms with Gasteiger partial charge >= 0.3 is 11.9 Å². The van der Waals surface area contributed by atoms with Crippen LogP contribution in [-0.2, 0) is 6.42 Å². The number of aromatic carboxylic acids is 2. The molecule has 3 N–H and O–H groups in total. The van der Waals surface area contributed by atoms with Crippen LogP contribution in [0.4, 0.5) is 0 Å². The molecule has 0 aliphatic carbocycles. The molecule has 0 saturated carbocycles. The number of carboxylic acids is 2. The fraction of sp³-hybridized carbons (Fsp3) is 0.267. The zero-order chi connectivity index (χ0) is 15.6. The normalized spacial score (nSPS) is 10.7. The van der Waals surface area contributed by atoms with Crippen molar-refractivity contribution in [2.75, 3.05) is 0 Å². The lowest BCUT2D eigenvalue weighted by atomic mass is 10.0. The highest BCUT2D eigenvalue weighted by Gasteiger charge is 2.17. The number of pyridine rings is 1. The Morgan fingerprint density at radius 2 is 1.90 bits per heavy atom. The fourth-order valence-corrected chi connectivity index (χ4v) is 2.23. The molecule has 1 aromatic carbocycles. The first-order valence-electron chi connectivity index (χ1n) is 6.61. The molecule has 0 bridgehead atoms. The highest BCUT2D eigenvalue weighted by molar-refractivity contribution is 5.95. The van der Waals surface area contributed by atoms with Crippen LogP contribution in [0.2, 0.25) is 0 Å². The van der Waals surface area contributed by atoms with Crippen molar-refractivity contribution in [1.29, 1.82) is 0 Å². The monoisotopic (exact) mass is 289 g/mol. The minimum Gasteiger partial charge on any atom is -0.478 e. The first-order valence-corrected chi connectivity index (χ1v) is 6.61. The van der Waals surface area contributed by atoms with Gasteiger partial charge in [0.1, 0.15) is 5.69 Å². The van der Waals surface area contributed by atoms with Crippen molar-refractivity contribution in [3.63, 3.8) is 0 Å². The molecular weight excluding hydrogens is 274 g/mol. The van der Waals surface area contributed by atoms with Crippen LogP contribution in [0.25, 0.3) is 10.9 Å². The number of hydrogen-bond acceptors (Lipinski definition) is 3. The third-order valence-corrected chi connectivity index (χ3v) is 3.34. The van der Waals surface area contributed by atoms with E-state index in [0.717, 1.165) is 6.42 Å². The van der Waals surface area contributed by atoms with E-state index in [2.05, 4.69) is 4.98 Å². The van der Waals surface area contributed by atoms with Gasteiger partial charge in [-0.05, 0) is 31.0 Å². The summed E-state index contributed by atoms with van der Waals surface area (Å²) in [6.45, 7) is 1.94. The number of unbranched alkanes of at least 4 members (excludes halogenated alkanes) is 1. The first-order chi connectivity index (χ1) is 9.95. The maximum Gasteiger partial charge on any atom is 0.352 e. The zero-order valence-electron chi connectivity index (χ0n) is 11.5. The molecule has 0 amide bonds. The van der Waals surface area contributed by atoms with Crippen LogP contribution in [0.3, 0.4) is 0 Å². The van der Waals surface area contributed by atoms with Crippen molar-refractivity contribution in [2.24, 2.45) is 0 Å². The molecule has 110 valence electrons. The van der Waals surface area contributed by atoms with Crippen LogP contribution >= 0.6 is 0 Å². The van der Waals surface area contributed by atoms with Gasteiger partial charge in [-0.3, -0.25) is 4.79 Å². The van der Waals surface area contributed by atoms with Gasteiger partial charge in [0.2, 0.25) is 0 Å². The minimum atomic E-state index is -1.19. The molecule has 21 heavy (non-hydrogen) atoms. The van der Waals surface area contributed by atoms with E-state index in [4.69, 9.17) is 5.11 Å². The maximum atomic E-state index is 12.5. The van der Waals surface area contributed by atoms with Gasteiger partial charge in [-0.25, -0.2) is 9.59 Å². The van der Waals surface area contributed by atoms with Gasteiger partial charge in [-0.2, -0.15) is 0 Å². The molecule has 0 aliphatic rings. The lowest BCUT2D eigenvalue weighted by Gasteiger charge is -2.08. The third-order valence-electron chi connectivity index (χ3n) is 3.34. The van der Waals surface area contributed by atoms with Crippen LogP contribution in [0.5, 0.6) is 0 Å². The Morgan fingerprint density at radius 3 is 2.48 bits per heavy atom. The molecule has 1 heterocycles. The predicted molar refractivity (Wildman–Crippen MR) is 77.1 cm³/mol. The molecule has 0 unspecified atom stereocenters. The highest BCUT2D eigenvalue weighted by atomic mass is 16.4. The summed E-state index contributed by atoms with van der Waals surface area (Å²) in [6, 6.07) is 4.02. The van der Waals surface area contributed by atoms with Crippen molar-refractivity contribution in [3.05, 3.63) is 45.2 Å².